The monoisotopic (exact) mass is 298 g/mol. The molecule has 2 aromatic carbocycles. The third-order valence-electron chi connectivity index (χ3n) is 3.13. The molecule has 0 fully saturated rings. The average Bonchev–Trinajstić information content (AvgIpc) is 2.48. The topological polar surface area (TPSA) is 81.4 Å². The highest BCUT2D eigenvalue weighted by atomic mass is 16.5. The zero-order valence-corrected chi connectivity index (χ0v) is 12.6. The van der Waals surface area contributed by atoms with Crippen molar-refractivity contribution >= 4 is 17.5 Å². The van der Waals surface area contributed by atoms with E-state index in [2.05, 4.69) is 5.32 Å². The molecule has 2 amide bonds. The van der Waals surface area contributed by atoms with E-state index < -0.39 is 5.91 Å². The van der Waals surface area contributed by atoms with Crippen LogP contribution in [0.2, 0.25) is 0 Å². The van der Waals surface area contributed by atoms with E-state index >= 15 is 0 Å². The molecule has 0 radical (unpaired) electrons. The van der Waals surface area contributed by atoms with Crippen molar-refractivity contribution in [3.63, 3.8) is 0 Å². The number of nitrogens with two attached hydrogens (primary N) is 1. The molecule has 0 aliphatic rings. The first-order valence-corrected chi connectivity index (χ1v) is 6.86. The SMILES string of the molecule is Cc1ccc(NC(=O)c2ccccc2OCC(N)=O)c(C)c1. The molecule has 0 saturated heterocycles. The van der Waals surface area contributed by atoms with Crippen LogP contribution in [0.4, 0.5) is 5.69 Å². The summed E-state index contributed by atoms with van der Waals surface area (Å²) in [6.45, 7) is 3.65. The molecular weight excluding hydrogens is 280 g/mol. The van der Waals surface area contributed by atoms with Gasteiger partial charge in [-0.1, -0.05) is 29.8 Å². The van der Waals surface area contributed by atoms with Crippen LogP contribution in [-0.4, -0.2) is 18.4 Å². The second kappa shape index (κ2) is 6.76. The molecule has 2 aromatic rings. The minimum atomic E-state index is -0.593. The van der Waals surface area contributed by atoms with Gasteiger partial charge in [0.25, 0.3) is 11.8 Å². The van der Waals surface area contributed by atoms with Crippen molar-refractivity contribution in [2.75, 3.05) is 11.9 Å². The fraction of sp³-hybridized carbons (Fsp3) is 0.176. The fourth-order valence-electron chi connectivity index (χ4n) is 2.07. The van der Waals surface area contributed by atoms with Crippen molar-refractivity contribution in [2.24, 2.45) is 5.73 Å². The third-order valence-corrected chi connectivity index (χ3v) is 3.13. The van der Waals surface area contributed by atoms with Crippen LogP contribution in [0.3, 0.4) is 0 Å². The maximum absolute atomic E-state index is 12.4. The van der Waals surface area contributed by atoms with E-state index in [0.717, 1.165) is 16.8 Å². The molecule has 0 spiro atoms. The summed E-state index contributed by atoms with van der Waals surface area (Å²) in [5.41, 5.74) is 8.25. The van der Waals surface area contributed by atoms with Crippen molar-refractivity contribution in [2.45, 2.75) is 13.8 Å². The average molecular weight is 298 g/mol. The Kier molecular flexibility index (Phi) is 4.78. The molecular formula is C17H18N2O3. The van der Waals surface area contributed by atoms with Crippen LogP contribution >= 0.6 is 0 Å². The molecule has 0 bridgehead atoms. The van der Waals surface area contributed by atoms with E-state index in [1.807, 2.05) is 32.0 Å². The number of amides is 2. The van der Waals surface area contributed by atoms with Crippen molar-refractivity contribution in [1.82, 2.24) is 0 Å². The van der Waals surface area contributed by atoms with Crippen molar-refractivity contribution in [1.29, 1.82) is 0 Å². The Labute approximate surface area is 129 Å². The van der Waals surface area contributed by atoms with Gasteiger partial charge < -0.3 is 15.8 Å². The lowest BCUT2D eigenvalue weighted by atomic mass is 10.1. The highest BCUT2D eigenvalue weighted by Gasteiger charge is 2.13. The van der Waals surface area contributed by atoms with Crippen LogP contribution < -0.4 is 15.8 Å². The molecule has 0 saturated carbocycles. The minimum Gasteiger partial charge on any atom is -0.483 e. The summed E-state index contributed by atoms with van der Waals surface area (Å²) in [5, 5.41) is 2.85. The van der Waals surface area contributed by atoms with Crippen LogP contribution in [0.1, 0.15) is 21.5 Å². The maximum Gasteiger partial charge on any atom is 0.259 e. The number of carbonyl (C=O) groups is 2. The van der Waals surface area contributed by atoms with Gasteiger partial charge in [0.15, 0.2) is 6.61 Å². The molecule has 0 atom stereocenters. The molecule has 0 aromatic heterocycles. The maximum atomic E-state index is 12.4. The normalized spacial score (nSPS) is 10.1. The summed E-state index contributed by atoms with van der Waals surface area (Å²) >= 11 is 0. The molecule has 5 heteroatoms. The Bertz CT molecular complexity index is 711. The van der Waals surface area contributed by atoms with Gasteiger partial charge >= 0.3 is 0 Å². The van der Waals surface area contributed by atoms with E-state index in [9.17, 15) is 9.59 Å². The van der Waals surface area contributed by atoms with Gasteiger partial charge in [0.1, 0.15) is 5.75 Å². The number of ether oxygens (including phenoxy) is 1. The summed E-state index contributed by atoms with van der Waals surface area (Å²) in [5.74, 6) is -0.569. The van der Waals surface area contributed by atoms with E-state index in [1.54, 1.807) is 24.3 Å². The summed E-state index contributed by atoms with van der Waals surface area (Å²) in [4.78, 5) is 23.2. The Morgan fingerprint density at radius 1 is 1.14 bits per heavy atom. The van der Waals surface area contributed by atoms with Crippen molar-refractivity contribution < 1.29 is 14.3 Å². The Morgan fingerprint density at radius 3 is 2.55 bits per heavy atom. The predicted octanol–water partition coefficient (Wildman–Crippen LogP) is 2.42. The van der Waals surface area contributed by atoms with Gasteiger partial charge in [-0.25, -0.2) is 0 Å². The summed E-state index contributed by atoms with van der Waals surface area (Å²) < 4.78 is 5.27. The van der Waals surface area contributed by atoms with Crippen LogP contribution in [0.25, 0.3) is 0 Å². The number of benzene rings is 2. The number of aryl methyl sites for hydroxylation is 2. The van der Waals surface area contributed by atoms with Gasteiger partial charge in [0.2, 0.25) is 0 Å². The zero-order valence-electron chi connectivity index (χ0n) is 12.6. The van der Waals surface area contributed by atoms with E-state index in [1.165, 1.54) is 0 Å². The smallest absolute Gasteiger partial charge is 0.259 e. The van der Waals surface area contributed by atoms with Crippen molar-refractivity contribution in [3.8, 4) is 5.75 Å². The molecule has 0 aliphatic heterocycles. The van der Waals surface area contributed by atoms with Gasteiger partial charge in [0, 0.05) is 5.69 Å². The molecule has 0 aliphatic carbocycles. The van der Waals surface area contributed by atoms with E-state index in [0.29, 0.717) is 11.3 Å². The number of hydrogen-bond acceptors (Lipinski definition) is 3. The number of anilines is 1. The van der Waals surface area contributed by atoms with Crippen LogP contribution in [0.5, 0.6) is 5.75 Å². The Morgan fingerprint density at radius 2 is 1.86 bits per heavy atom. The standard InChI is InChI=1S/C17H18N2O3/c1-11-7-8-14(12(2)9-11)19-17(21)13-5-3-4-6-15(13)22-10-16(18)20/h3-9H,10H2,1-2H3,(H2,18,20)(H,19,21). The highest BCUT2D eigenvalue weighted by molar-refractivity contribution is 6.06. The minimum absolute atomic E-state index is 0.270. The van der Waals surface area contributed by atoms with Crippen LogP contribution in [0, 0.1) is 13.8 Å². The lowest BCUT2D eigenvalue weighted by molar-refractivity contribution is -0.119. The lowest BCUT2D eigenvalue weighted by Crippen LogP contribution is -2.21. The van der Waals surface area contributed by atoms with Crippen LogP contribution in [-0.2, 0) is 4.79 Å². The molecule has 5 nitrogen and oxygen atoms in total. The Balaban J connectivity index is 2.20. The van der Waals surface area contributed by atoms with Crippen LogP contribution in [0.15, 0.2) is 42.5 Å². The first-order valence-electron chi connectivity index (χ1n) is 6.86. The number of carbonyl (C=O) groups excluding carboxylic acids is 2. The fourth-order valence-corrected chi connectivity index (χ4v) is 2.07. The quantitative estimate of drug-likeness (QED) is 0.889. The third kappa shape index (κ3) is 3.85. The van der Waals surface area contributed by atoms with E-state index in [4.69, 9.17) is 10.5 Å². The number of primary amides is 1. The lowest BCUT2D eigenvalue weighted by Gasteiger charge is -2.12. The Hall–Kier alpha value is -2.82. The highest BCUT2D eigenvalue weighted by Crippen LogP contribution is 2.21. The number of nitrogens with one attached hydrogen (secondary N) is 1. The van der Waals surface area contributed by atoms with Gasteiger partial charge in [0.05, 0.1) is 5.56 Å². The van der Waals surface area contributed by atoms with Crippen molar-refractivity contribution in [3.05, 3.63) is 59.2 Å². The number of para-hydroxylation sites is 1. The van der Waals surface area contributed by atoms with Gasteiger partial charge in [-0.3, -0.25) is 9.59 Å². The number of hydrogen-bond donors (Lipinski definition) is 2. The largest absolute Gasteiger partial charge is 0.483 e. The predicted molar refractivity (Wildman–Crippen MR) is 85.0 cm³/mol. The van der Waals surface area contributed by atoms with Gasteiger partial charge in [-0.05, 0) is 37.6 Å². The van der Waals surface area contributed by atoms with E-state index in [-0.39, 0.29) is 12.5 Å². The second-order valence-corrected chi connectivity index (χ2v) is 5.02. The molecule has 0 unspecified atom stereocenters. The molecule has 2 rings (SSSR count). The summed E-state index contributed by atoms with van der Waals surface area (Å²) in [7, 11) is 0. The zero-order chi connectivity index (χ0) is 16.1. The van der Waals surface area contributed by atoms with Gasteiger partial charge in [-0.2, -0.15) is 0 Å². The second-order valence-electron chi connectivity index (χ2n) is 5.02. The molecule has 0 heterocycles. The first-order chi connectivity index (χ1) is 10.5. The molecule has 22 heavy (non-hydrogen) atoms. The first kappa shape index (κ1) is 15.6. The summed E-state index contributed by atoms with van der Waals surface area (Å²) in [6, 6.07) is 12.5. The number of rotatable bonds is 5. The summed E-state index contributed by atoms with van der Waals surface area (Å²) in [6.07, 6.45) is 0. The molecule has 114 valence electrons. The molecule has 3 N–H and O–H groups in total. The van der Waals surface area contributed by atoms with Gasteiger partial charge in [-0.15, -0.1) is 0 Å².